The van der Waals surface area contributed by atoms with Gasteiger partial charge in [0.05, 0.1) is 0 Å². The molecule has 1 atom stereocenters. The summed E-state index contributed by atoms with van der Waals surface area (Å²) >= 11 is 0. The fraction of sp³-hybridized carbons (Fsp3) is 0.800. The lowest BCUT2D eigenvalue weighted by Gasteiger charge is -2.32. The van der Waals surface area contributed by atoms with Crippen LogP contribution in [-0.2, 0) is 0 Å². The molecular formula is C10H17. The Morgan fingerprint density at radius 2 is 2.10 bits per heavy atom. The predicted octanol–water partition coefficient (Wildman–Crippen LogP) is 3.19. The lowest BCUT2D eigenvalue weighted by atomic mass is 9.72. The maximum absolute atomic E-state index is 3.52. The first-order valence-corrected chi connectivity index (χ1v) is 4.13. The van der Waals surface area contributed by atoms with Crippen LogP contribution in [0.15, 0.2) is 5.57 Å². The molecule has 0 aromatic rings. The zero-order valence-electron chi connectivity index (χ0n) is 7.49. The fourth-order valence-electron chi connectivity index (χ4n) is 1.53. The highest BCUT2D eigenvalue weighted by Crippen LogP contribution is 2.37. The maximum atomic E-state index is 3.52. The van der Waals surface area contributed by atoms with Crippen molar-refractivity contribution < 1.29 is 0 Å². The van der Waals surface area contributed by atoms with Crippen LogP contribution in [0.4, 0.5) is 0 Å². The summed E-state index contributed by atoms with van der Waals surface area (Å²) in [6.45, 7) is 9.06. The van der Waals surface area contributed by atoms with E-state index in [4.69, 9.17) is 0 Å². The van der Waals surface area contributed by atoms with Gasteiger partial charge in [-0.15, -0.1) is 0 Å². The zero-order chi connectivity index (χ0) is 7.78. The van der Waals surface area contributed by atoms with Crippen molar-refractivity contribution in [3.8, 4) is 0 Å². The molecule has 1 radical (unpaired) electrons. The van der Waals surface area contributed by atoms with Crippen molar-refractivity contribution in [2.75, 3.05) is 0 Å². The van der Waals surface area contributed by atoms with Gasteiger partial charge >= 0.3 is 0 Å². The smallest absolute Gasteiger partial charge is 0.00755 e. The van der Waals surface area contributed by atoms with E-state index in [0.29, 0.717) is 5.41 Å². The molecule has 0 aromatic heterocycles. The molecule has 1 rings (SSSR count). The zero-order valence-corrected chi connectivity index (χ0v) is 7.49. The van der Waals surface area contributed by atoms with E-state index in [1.807, 2.05) is 0 Å². The lowest BCUT2D eigenvalue weighted by Crippen LogP contribution is -2.23. The molecule has 1 aliphatic rings. The van der Waals surface area contributed by atoms with Crippen LogP contribution >= 0.6 is 0 Å². The molecule has 0 amide bonds. The van der Waals surface area contributed by atoms with E-state index < -0.39 is 0 Å². The predicted molar refractivity (Wildman–Crippen MR) is 44.6 cm³/mol. The van der Waals surface area contributed by atoms with Crippen molar-refractivity contribution in [3.05, 3.63) is 11.6 Å². The molecule has 0 aromatic carbocycles. The third-order valence-electron chi connectivity index (χ3n) is 2.72. The Morgan fingerprint density at radius 1 is 1.50 bits per heavy atom. The largest absolute Gasteiger partial charge is 0.0693 e. The fourth-order valence-corrected chi connectivity index (χ4v) is 1.53. The molecule has 0 saturated carbocycles. The first-order valence-electron chi connectivity index (χ1n) is 4.13. The van der Waals surface area contributed by atoms with Gasteiger partial charge in [-0.25, -0.2) is 0 Å². The highest BCUT2D eigenvalue weighted by molar-refractivity contribution is 5.04. The minimum absolute atomic E-state index is 0.322. The van der Waals surface area contributed by atoms with Crippen LogP contribution in [0.3, 0.4) is 0 Å². The van der Waals surface area contributed by atoms with Crippen LogP contribution in [-0.4, -0.2) is 0 Å². The second kappa shape index (κ2) is 2.41. The van der Waals surface area contributed by atoms with E-state index in [2.05, 4.69) is 33.8 Å². The molecule has 1 unspecified atom stereocenters. The number of rotatable bonds is 0. The van der Waals surface area contributed by atoms with Gasteiger partial charge in [-0.3, -0.25) is 0 Å². The summed E-state index contributed by atoms with van der Waals surface area (Å²) in [7, 11) is 0. The summed E-state index contributed by atoms with van der Waals surface area (Å²) in [6, 6.07) is 0. The van der Waals surface area contributed by atoms with Gasteiger partial charge in [0.15, 0.2) is 0 Å². The standard InChI is InChI=1S/C10H17/c1-8-5-6-9(2)10(3,4)7-8/h9H,5-6H2,1-4H3. The van der Waals surface area contributed by atoms with Crippen LogP contribution in [0, 0.1) is 17.4 Å². The molecule has 0 heteroatoms. The van der Waals surface area contributed by atoms with Gasteiger partial charge < -0.3 is 0 Å². The maximum Gasteiger partial charge on any atom is -0.00755 e. The molecule has 57 valence electrons. The molecule has 0 bridgehead atoms. The molecule has 10 heavy (non-hydrogen) atoms. The van der Waals surface area contributed by atoms with Crippen LogP contribution in [0.1, 0.15) is 40.5 Å². The molecular weight excluding hydrogens is 120 g/mol. The summed E-state index contributed by atoms with van der Waals surface area (Å²) in [5.74, 6) is 0.802. The molecule has 0 heterocycles. The lowest BCUT2D eigenvalue weighted by molar-refractivity contribution is 0.259. The van der Waals surface area contributed by atoms with Crippen LogP contribution in [0.2, 0.25) is 0 Å². The van der Waals surface area contributed by atoms with Gasteiger partial charge in [0.25, 0.3) is 0 Å². The SMILES string of the molecule is CC1=[C]C(C)(C)C(C)CC1. The van der Waals surface area contributed by atoms with Gasteiger partial charge in [0.2, 0.25) is 0 Å². The summed E-state index contributed by atoms with van der Waals surface area (Å²) in [5.41, 5.74) is 1.77. The Hall–Kier alpha value is -0.260. The number of hydrogen-bond acceptors (Lipinski definition) is 0. The Bertz CT molecular complexity index is 151. The van der Waals surface area contributed by atoms with Gasteiger partial charge in [0.1, 0.15) is 0 Å². The third kappa shape index (κ3) is 1.42. The molecule has 0 fully saturated rings. The van der Waals surface area contributed by atoms with Crippen molar-refractivity contribution in [2.24, 2.45) is 11.3 Å². The van der Waals surface area contributed by atoms with Crippen molar-refractivity contribution >= 4 is 0 Å². The Kier molecular flexibility index (Phi) is 1.89. The molecule has 0 spiro atoms. The van der Waals surface area contributed by atoms with E-state index in [1.54, 1.807) is 0 Å². The van der Waals surface area contributed by atoms with E-state index in [-0.39, 0.29) is 0 Å². The Balaban J connectivity index is 2.79. The number of allylic oxidation sites excluding steroid dienone is 2. The van der Waals surface area contributed by atoms with Gasteiger partial charge in [0, 0.05) is 0 Å². The van der Waals surface area contributed by atoms with E-state index in [9.17, 15) is 0 Å². The summed E-state index contributed by atoms with van der Waals surface area (Å²) in [6.07, 6.45) is 6.12. The Labute approximate surface area is 64.3 Å². The minimum atomic E-state index is 0.322. The van der Waals surface area contributed by atoms with Gasteiger partial charge in [-0.05, 0) is 37.2 Å². The van der Waals surface area contributed by atoms with Crippen molar-refractivity contribution in [2.45, 2.75) is 40.5 Å². The summed E-state index contributed by atoms with van der Waals surface area (Å²) < 4.78 is 0. The summed E-state index contributed by atoms with van der Waals surface area (Å²) in [4.78, 5) is 0. The monoisotopic (exact) mass is 137 g/mol. The van der Waals surface area contributed by atoms with Gasteiger partial charge in [-0.1, -0.05) is 26.3 Å². The quantitative estimate of drug-likeness (QED) is 0.481. The normalized spacial score (nSPS) is 31.6. The van der Waals surface area contributed by atoms with Gasteiger partial charge in [-0.2, -0.15) is 0 Å². The number of hydrogen-bond donors (Lipinski definition) is 0. The van der Waals surface area contributed by atoms with Crippen molar-refractivity contribution in [1.82, 2.24) is 0 Å². The van der Waals surface area contributed by atoms with Crippen LogP contribution in [0.5, 0.6) is 0 Å². The van der Waals surface area contributed by atoms with Crippen LogP contribution < -0.4 is 0 Å². The highest BCUT2D eigenvalue weighted by Gasteiger charge is 2.26. The second-order valence-electron chi connectivity index (χ2n) is 4.07. The van der Waals surface area contributed by atoms with Crippen molar-refractivity contribution in [1.29, 1.82) is 0 Å². The third-order valence-corrected chi connectivity index (χ3v) is 2.72. The second-order valence-corrected chi connectivity index (χ2v) is 4.07. The first-order chi connectivity index (χ1) is 4.52. The van der Waals surface area contributed by atoms with E-state index >= 15 is 0 Å². The van der Waals surface area contributed by atoms with E-state index in [1.165, 1.54) is 18.4 Å². The molecule has 0 N–H and O–H groups in total. The molecule has 0 saturated heterocycles. The average Bonchev–Trinajstić information content (AvgIpc) is 1.78. The van der Waals surface area contributed by atoms with Crippen molar-refractivity contribution in [3.63, 3.8) is 0 Å². The highest BCUT2D eigenvalue weighted by atomic mass is 14.3. The minimum Gasteiger partial charge on any atom is -0.0693 e. The summed E-state index contributed by atoms with van der Waals surface area (Å²) in [5, 5.41) is 0. The molecule has 0 aliphatic heterocycles. The van der Waals surface area contributed by atoms with E-state index in [0.717, 1.165) is 5.92 Å². The Morgan fingerprint density at radius 3 is 2.50 bits per heavy atom. The molecule has 0 nitrogen and oxygen atoms in total. The first kappa shape index (κ1) is 7.84. The average molecular weight is 137 g/mol. The molecule has 1 aliphatic carbocycles. The van der Waals surface area contributed by atoms with Crippen LogP contribution in [0.25, 0.3) is 0 Å². The topological polar surface area (TPSA) is 0 Å².